The smallest absolute Gasteiger partial charge is 0.257 e. The minimum Gasteiger partial charge on any atom is -0.393 e. The number of hydrogen-bond acceptors (Lipinski definition) is 3. The molecule has 0 bridgehead atoms. The number of carbonyl (C=O) groups is 1. The molecular formula is C9H14N4OS. The fourth-order valence-corrected chi connectivity index (χ4v) is 1.24. The number of amides is 1. The van der Waals surface area contributed by atoms with E-state index in [2.05, 4.69) is 10.2 Å². The van der Waals surface area contributed by atoms with Crippen LogP contribution in [0.15, 0.2) is 6.20 Å². The molecule has 0 unspecified atom stereocenters. The summed E-state index contributed by atoms with van der Waals surface area (Å²) in [5.41, 5.74) is 6.71. The molecular weight excluding hydrogens is 212 g/mol. The van der Waals surface area contributed by atoms with Crippen LogP contribution in [0.5, 0.6) is 0 Å². The van der Waals surface area contributed by atoms with Gasteiger partial charge in [-0.3, -0.25) is 9.89 Å². The van der Waals surface area contributed by atoms with Crippen LogP contribution in [0.2, 0.25) is 0 Å². The standard InChI is InChI=1S/C9H14N4OS/c1-6-7(5-11-12-6)9(14)13(2)4-3-8(10)15/h5H,3-4H2,1-2H3,(H2,10,15)(H,11,12). The van der Waals surface area contributed by atoms with Crippen molar-refractivity contribution in [3.63, 3.8) is 0 Å². The summed E-state index contributed by atoms with van der Waals surface area (Å²) >= 11 is 4.75. The van der Waals surface area contributed by atoms with E-state index in [4.69, 9.17) is 18.0 Å². The number of carbonyl (C=O) groups excluding carboxylic acids is 1. The van der Waals surface area contributed by atoms with E-state index in [1.54, 1.807) is 11.9 Å². The van der Waals surface area contributed by atoms with Gasteiger partial charge >= 0.3 is 0 Å². The molecule has 0 saturated heterocycles. The van der Waals surface area contributed by atoms with E-state index in [1.807, 2.05) is 6.92 Å². The van der Waals surface area contributed by atoms with Gasteiger partial charge in [-0.15, -0.1) is 0 Å². The monoisotopic (exact) mass is 226 g/mol. The van der Waals surface area contributed by atoms with Crippen LogP contribution in [0.1, 0.15) is 22.5 Å². The van der Waals surface area contributed by atoms with Crippen LogP contribution in [0.25, 0.3) is 0 Å². The first-order valence-corrected chi connectivity index (χ1v) is 4.97. The minimum absolute atomic E-state index is 0.0718. The van der Waals surface area contributed by atoms with Crippen LogP contribution >= 0.6 is 12.2 Å². The summed E-state index contributed by atoms with van der Waals surface area (Å²) in [7, 11) is 1.72. The maximum Gasteiger partial charge on any atom is 0.257 e. The van der Waals surface area contributed by atoms with Crippen molar-refractivity contribution in [2.45, 2.75) is 13.3 Å². The number of nitrogens with zero attached hydrogens (tertiary/aromatic N) is 2. The number of nitrogens with two attached hydrogens (primary N) is 1. The first-order valence-electron chi connectivity index (χ1n) is 4.56. The summed E-state index contributed by atoms with van der Waals surface area (Å²) in [4.78, 5) is 13.8. The Hall–Kier alpha value is -1.43. The number of aryl methyl sites for hydroxylation is 1. The molecule has 1 rings (SSSR count). The lowest BCUT2D eigenvalue weighted by Crippen LogP contribution is -2.30. The van der Waals surface area contributed by atoms with Gasteiger partial charge in [0.2, 0.25) is 0 Å². The molecule has 0 atom stereocenters. The van der Waals surface area contributed by atoms with Gasteiger partial charge in [0.15, 0.2) is 0 Å². The second-order valence-electron chi connectivity index (χ2n) is 3.35. The van der Waals surface area contributed by atoms with E-state index in [-0.39, 0.29) is 5.91 Å². The van der Waals surface area contributed by atoms with Crippen molar-refractivity contribution in [2.75, 3.05) is 13.6 Å². The summed E-state index contributed by atoms with van der Waals surface area (Å²) < 4.78 is 0. The Balaban J connectivity index is 2.61. The molecule has 0 fully saturated rings. The van der Waals surface area contributed by atoms with Gasteiger partial charge in [-0.25, -0.2) is 0 Å². The van der Waals surface area contributed by atoms with Crippen LogP contribution in [-0.2, 0) is 0 Å². The highest BCUT2D eigenvalue weighted by molar-refractivity contribution is 7.80. The van der Waals surface area contributed by atoms with Gasteiger partial charge in [-0.2, -0.15) is 5.10 Å². The van der Waals surface area contributed by atoms with Crippen LogP contribution in [-0.4, -0.2) is 39.6 Å². The summed E-state index contributed by atoms with van der Waals surface area (Å²) in [5.74, 6) is -0.0718. The Morgan fingerprint density at radius 2 is 2.40 bits per heavy atom. The maximum absolute atomic E-state index is 11.8. The topological polar surface area (TPSA) is 75.0 Å². The van der Waals surface area contributed by atoms with Gasteiger partial charge in [0, 0.05) is 25.7 Å². The molecule has 3 N–H and O–H groups in total. The first kappa shape index (κ1) is 11.6. The van der Waals surface area contributed by atoms with Crippen molar-refractivity contribution in [1.82, 2.24) is 15.1 Å². The Bertz CT molecular complexity index is 374. The molecule has 0 saturated carbocycles. The van der Waals surface area contributed by atoms with Gasteiger partial charge in [-0.1, -0.05) is 12.2 Å². The number of nitrogens with one attached hydrogen (secondary N) is 1. The predicted molar refractivity (Wildman–Crippen MR) is 61.7 cm³/mol. The quantitative estimate of drug-likeness (QED) is 0.732. The van der Waals surface area contributed by atoms with Gasteiger partial charge in [0.05, 0.1) is 16.7 Å². The van der Waals surface area contributed by atoms with Gasteiger partial charge in [0.25, 0.3) is 5.91 Å². The first-order chi connectivity index (χ1) is 7.02. The molecule has 0 radical (unpaired) electrons. The molecule has 1 amide bonds. The lowest BCUT2D eigenvalue weighted by atomic mass is 10.2. The SMILES string of the molecule is Cc1[nH]ncc1C(=O)N(C)CCC(N)=S. The van der Waals surface area contributed by atoms with Crippen molar-refractivity contribution < 1.29 is 4.79 Å². The molecule has 0 aliphatic carbocycles. The normalized spacial score (nSPS) is 10.0. The molecule has 15 heavy (non-hydrogen) atoms. The van der Waals surface area contributed by atoms with Gasteiger partial charge in [-0.05, 0) is 6.92 Å². The van der Waals surface area contributed by atoms with Gasteiger partial charge in [0.1, 0.15) is 0 Å². The second kappa shape index (κ2) is 4.88. The molecule has 0 aliphatic rings. The van der Waals surface area contributed by atoms with E-state index in [0.717, 1.165) is 5.69 Å². The zero-order chi connectivity index (χ0) is 11.4. The van der Waals surface area contributed by atoms with Crippen molar-refractivity contribution in [3.8, 4) is 0 Å². The number of rotatable bonds is 4. The Morgan fingerprint density at radius 1 is 1.73 bits per heavy atom. The number of thiocarbonyl (C=S) groups is 1. The van der Waals surface area contributed by atoms with Crippen LogP contribution < -0.4 is 5.73 Å². The molecule has 0 spiro atoms. The molecule has 0 aliphatic heterocycles. The minimum atomic E-state index is -0.0718. The molecule has 5 nitrogen and oxygen atoms in total. The fourth-order valence-electron chi connectivity index (χ4n) is 1.15. The van der Waals surface area contributed by atoms with E-state index in [0.29, 0.717) is 23.5 Å². The predicted octanol–water partition coefficient (Wildman–Crippen LogP) is 0.466. The Kier molecular flexibility index (Phi) is 3.79. The highest BCUT2D eigenvalue weighted by Gasteiger charge is 2.15. The maximum atomic E-state index is 11.8. The lowest BCUT2D eigenvalue weighted by Gasteiger charge is -2.15. The van der Waals surface area contributed by atoms with Crippen LogP contribution in [0, 0.1) is 6.92 Å². The van der Waals surface area contributed by atoms with Crippen molar-refractivity contribution in [1.29, 1.82) is 0 Å². The van der Waals surface area contributed by atoms with Crippen molar-refractivity contribution >= 4 is 23.1 Å². The molecule has 0 aromatic carbocycles. The summed E-state index contributed by atoms with van der Waals surface area (Å²) in [6.07, 6.45) is 2.06. The average molecular weight is 226 g/mol. The third-order valence-corrected chi connectivity index (χ3v) is 2.30. The van der Waals surface area contributed by atoms with Crippen LogP contribution in [0.3, 0.4) is 0 Å². The van der Waals surface area contributed by atoms with Crippen molar-refractivity contribution in [3.05, 3.63) is 17.5 Å². The summed E-state index contributed by atoms with van der Waals surface area (Å²) in [6, 6.07) is 0. The zero-order valence-electron chi connectivity index (χ0n) is 8.78. The summed E-state index contributed by atoms with van der Waals surface area (Å²) in [5, 5.41) is 6.52. The number of aromatic amines is 1. The van der Waals surface area contributed by atoms with E-state index in [9.17, 15) is 4.79 Å². The molecule has 6 heteroatoms. The Labute approximate surface area is 93.6 Å². The van der Waals surface area contributed by atoms with E-state index in [1.165, 1.54) is 6.20 Å². The zero-order valence-corrected chi connectivity index (χ0v) is 9.60. The van der Waals surface area contributed by atoms with Crippen molar-refractivity contribution in [2.24, 2.45) is 5.73 Å². The fraction of sp³-hybridized carbons (Fsp3) is 0.444. The summed E-state index contributed by atoms with van der Waals surface area (Å²) in [6.45, 7) is 2.33. The molecule has 1 aromatic rings. The van der Waals surface area contributed by atoms with Gasteiger partial charge < -0.3 is 10.6 Å². The highest BCUT2D eigenvalue weighted by Crippen LogP contribution is 2.06. The Morgan fingerprint density at radius 3 is 2.87 bits per heavy atom. The van der Waals surface area contributed by atoms with Crippen LogP contribution in [0.4, 0.5) is 0 Å². The lowest BCUT2D eigenvalue weighted by molar-refractivity contribution is 0.0798. The largest absolute Gasteiger partial charge is 0.393 e. The highest BCUT2D eigenvalue weighted by atomic mass is 32.1. The number of aromatic nitrogens is 2. The molecule has 1 aromatic heterocycles. The molecule has 1 heterocycles. The average Bonchev–Trinajstić information content (AvgIpc) is 2.59. The number of H-pyrrole nitrogens is 1. The van der Waals surface area contributed by atoms with E-state index >= 15 is 0 Å². The number of hydrogen-bond donors (Lipinski definition) is 2. The molecule has 82 valence electrons. The second-order valence-corrected chi connectivity index (χ2v) is 3.88. The third kappa shape index (κ3) is 3.02. The third-order valence-electron chi connectivity index (χ3n) is 2.10. The van der Waals surface area contributed by atoms with E-state index < -0.39 is 0 Å².